The number of nitrogens with one attached hydrogen (secondary N) is 1. The van der Waals surface area contributed by atoms with E-state index in [1.54, 1.807) is 0 Å². The van der Waals surface area contributed by atoms with Gasteiger partial charge in [0, 0.05) is 41.8 Å². The van der Waals surface area contributed by atoms with Crippen molar-refractivity contribution in [1.82, 2.24) is 4.98 Å². The first-order chi connectivity index (χ1) is 13.9. The molecule has 2 heterocycles. The van der Waals surface area contributed by atoms with Gasteiger partial charge in [-0.1, -0.05) is 60.7 Å². The summed E-state index contributed by atoms with van der Waals surface area (Å²) >= 11 is 1.93. The number of rotatable bonds is 0. The fourth-order valence-electron chi connectivity index (χ4n) is 4.88. The van der Waals surface area contributed by atoms with Gasteiger partial charge >= 0.3 is 0 Å². The number of aromatic amines is 1. The van der Waals surface area contributed by atoms with E-state index in [1.807, 2.05) is 11.3 Å². The molecule has 1 nitrogen and oxygen atoms in total. The van der Waals surface area contributed by atoms with Crippen LogP contribution in [0.25, 0.3) is 58.8 Å². The molecule has 0 amide bonds. The maximum absolute atomic E-state index is 3.71. The Kier molecular flexibility index (Phi) is 2.79. The number of aryl methyl sites for hydroxylation is 1. The summed E-state index contributed by atoms with van der Waals surface area (Å²) in [6.45, 7) is 0. The molecule has 1 aliphatic carbocycles. The summed E-state index contributed by atoms with van der Waals surface area (Å²) in [7, 11) is 0. The van der Waals surface area contributed by atoms with Gasteiger partial charge in [0.2, 0.25) is 0 Å². The van der Waals surface area contributed by atoms with Crippen LogP contribution in [0.2, 0.25) is 0 Å². The first-order valence-corrected chi connectivity index (χ1v) is 10.7. The van der Waals surface area contributed by atoms with Crippen molar-refractivity contribution in [2.45, 2.75) is 12.8 Å². The molecule has 0 spiro atoms. The van der Waals surface area contributed by atoms with Crippen molar-refractivity contribution in [2.24, 2.45) is 0 Å². The van der Waals surface area contributed by atoms with Gasteiger partial charge in [-0.05, 0) is 41.5 Å². The average Bonchev–Trinajstić information content (AvgIpc) is 3.30. The number of thiophene rings is 1. The molecule has 2 heteroatoms. The standard InChI is InChI=1S/C26H17NS/c1-3-7-17-15(5-1)9-11-19-21-13-22-20-12-10-16-6-2-4-8-18(16)26(20)28-24(22)14-23(21)27-25(17)19/h1,3-5,7-14,27H,2,6H2. The van der Waals surface area contributed by atoms with E-state index in [0.717, 1.165) is 12.8 Å². The van der Waals surface area contributed by atoms with Crippen LogP contribution >= 0.6 is 11.3 Å². The van der Waals surface area contributed by atoms with Gasteiger partial charge in [0.25, 0.3) is 0 Å². The predicted octanol–water partition coefficient (Wildman–Crippen LogP) is 7.80. The van der Waals surface area contributed by atoms with Crippen molar-refractivity contribution >= 4 is 70.2 Å². The second-order valence-corrected chi connectivity index (χ2v) is 8.84. The summed E-state index contributed by atoms with van der Waals surface area (Å²) in [5.74, 6) is 0. The van der Waals surface area contributed by atoms with Crippen LogP contribution in [0.3, 0.4) is 0 Å². The van der Waals surface area contributed by atoms with Crippen molar-refractivity contribution in [1.29, 1.82) is 0 Å². The normalized spacial score (nSPS) is 14.0. The molecule has 0 fully saturated rings. The Hall–Kier alpha value is -3.10. The van der Waals surface area contributed by atoms with Gasteiger partial charge in [-0.3, -0.25) is 0 Å². The van der Waals surface area contributed by atoms with Crippen molar-refractivity contribution in [3.63, 3.8) is 0 Å². The summed E-state index contributed by atoms with van der Waals surface area (Å²) in [4.78, 5) is 3.71. The third-order valence-electron chi connectivity index (χ3n) is 6.25. The van der Waals surface area contributed by atoms with Crippen LogP contribution in [0.4, 0.5) is 0 Å². The third kappa shape index (κ3) is 1.86. The van der Waals surface area contributed by atoms with Crippen LogP contribution in [0.5, 0.6) is 0 Å². The zero-order valence-corrected chi connectivity index (χ0v) is 16.1. The summed E-state index contributed by atoms with van der Waals surface area (Å²) in [6, 6.07) is 22.5. The van der Waals surface area contributed by atoms with Gasteiger partial charge in [-0.25, -0.2) is 0 Å². The van der Waals surface area contributed by atoms with E-state index in [0.29, 0.717) is 0 Å². The molecule has 0 atom stereocenters. The quantitative estimate of drug-likeness (QED) is 0.279. The zero-order chi connectivity index (χ0) is 18.2. The first-order valence-electron chi connectivity index (χ1n) is 9.85. The van der Waals surface area contributed by atoms with E-state index < -0.39 is 0 Å². The van der Waals surface area contributed by atoms with Gasteiger partial charge < -0.3 is 4.98 Å². The SMILES string of the molecule is C1=Cc2c(ccc3c2sc2cc4[nH]c5c6ccccc6ccc5c4cc23)CC1. The van der Waals surface area contributed by atoms with Crippen LogP contribution in [0.15, 0.2) is 66.7 Å². The molecule has 0 aliphatic heterocycles. The van der Waals surface area contributed by atoms with E-state index in [-0.39, 0.29) is 0 Å². The predicted molar refractivity (Wildman–Crippen MR) is 124 cm³/mol. The van der Waals surface area contributed by atoms with Crippen molar-refractivity contribution in [3.8, 4) is 0 Å². The fraction of sp³-hybridized carbons (Fsp3) is 0.0769. The number of H-pyrrole nitrogens is 1. The van der Waals surface area contributed by atoms with E-state index in [9.17, 15) is 0 Å². The Balaban J connectivity index is 1.63. The molecule has 0 bridgehead atoms. The highest BCUT2D eigenvalue weighted by Gasteiger charge is 2.15. The molecular formula is C26H17NS. The molecule has 0 saturated carbocycles. The lowest BCUT2D eigenvalue weighted by molar-refractivity contribution is 0.990. The van der Waals surface area contributed by atoms with Crippen LogP contribution in [0, 0.1) is 0 Å². The third-order valence-corrected chi connectivity index (χ3v) is 7.45. The number of allylic oxidation sites excluding steroid dienone is 1. The Morgan fingerprint density at radius 3 is 2.71 bits per heavy atom. The van der Waals surface area contributed by atoms with Crippen LogP contribution in [-0.4, -0.2) is 4.98 Å². The van der Waals surface area contributed by atoms with Gasteiger partial charge in [-0.15, -0.1) is 11.3 Å². The minimum atomic E-state index is 1.16. The minimum Gasteiger partial charge on any atom is -0.354 e. The Bertz CT molecular complexity index is 1610. The average molecular weight is 375 g/mol. The number of hydrogen-bond donors (Lipinski definition) is 1. The highest BCUT2D eigenvalue weighted by molar-refractivity contribution is 7.26. The maximum atomic E-state index is 3.71. The summed E-state index contributed by atoms with van der Waals surface area (Å²) in [5, 5.41) is 7.98. The highest BCUT2D eigenvalue weighted by atomic mass is 32.1. The van der Waals surface area contributed by atoms with E-state index in [4.69, 9.17) is 0 Å². The number of hydrogen-bond acceptors (Lipinski definition) is 1. The zero-order valence-electron chi connectivity index (χ0n) is 15.3. The first kappa shape index (κ1) is 14.9. The van der Waals surface area contributed by atoms with E-state index >= 15 is 0 Å². The lowest BCUT2D eigenvalue weighted by Gasteiger charge is -2.10. The molecule has 4 aromatic carbocycles. The molecule has 2 aromatic heterocycles. The Morgan fingerprint density at radius 2 is 1.71 bits per heavy atom. The minimum absolute atomic E-state index is 1.16. The second kappa shape index (κ2) is 5.24. The number of benzene rings is 4. The van der Waals surface area contributed by atoms with Crippen LogP contribution in [0.1, 0.15) is 17.5 Å². The summed E-state index contributed by atoms with van der Waals surface area (Å²) < 4.78 is 2.80. The molecule has 132 valence electrons. The van der Waals surface area contributed by atoms with Gasteiger partial charge in [0.1, 0.15) is 0 Å². The van der Waals surface area contributed by atoms with Gasteiger partial charge in [0.05, 0.1) is 5.52 Å². The lowest BCUT2D eigenvalue weighted by atomic mass is 9.95. The van der Waals surface area contributed by atoms with Gasteiger partial charge in [-0.2, -0.15) is 0 Å². The lowest BCUT2D eigenvalue weighted by Crippen LogP contribution is -1.92. The Labute approximate surface area is 165 Å². The molecule has 7 rings (SSSR count). The maximum Gasteiger partial charge on any atom is 0.0544 e. The molecule has 1 aliphatic rings. The van der Waals surface area contributed by atoms with Crippen molar-refractivity contribution in [3.05, 3.63) is 77.9 Å². The van der Waals surface area contributed by atoms with E-state index in [2.05, 4.69) is 77.8 Å². The van der Waals surface area contributed by atoms with Crippen molar-refractivity contribution < 1.29 is 0 Å². The number of fused-ring (bicyclic) bond motifs is 10. The molecule has 28 heavy (non-hydrogen) atoms. The molecule has 1 N–H and O–H groups in total. The topological polar surface area (TPSA) is 15.8 Å². The van der Waals surface area contributed by atoms with Crippen molar-refractivity contribution in [2.75, 3.05) is 0 Å². The second-order valence-electron chi connectivity index (χ2n) is 7.79. The smallest absolute Gasteiger partial charge is 0.0544 e. The van der Waals surface area contributed by atoms with Crippen LogP contribution in [-0.2, 0) is 6.42 Å². The highest BCUT2D eigenvalue weighted by Crippen LogP contribution is 2.42. The molecule has 6 aromatic rings. The molecule has 0 saturated heterocycles. The molecule has 0 radical (unpaired) electrons. The number of aromatic nitrogens is 1. The summed E-state index contributed by atoms with van der Waals surface area (Å²) in [6.07, 6.45) is 6.96. The monoisotopic (exact) mass is 375 g/mol. The van der Waals surface area contributed by atoms with Crippen LogP contribution < -0.4 is 0 Å². The molecular weight excluding hydrogens is 358 g/mol. The largest absolute Gasteiger partial charge is 0.354 e. The molecule has 0 unspecified atom stereocenters. The van der Waals surface area contributed by atoms with Gasteiger partial charge in [0.15, 0.2) is 0 Å². The summed E-state index contributed by atoms with van der Waals surface area (Å²) in [5.41, 5.74) is 5.40. The fourth-order valence-corrected chi connectivity index (χ4v) is 6.15. The van der Waals surface area contributed by atoms with E-state index in [1.165, 1.54) is 63.9 Å². The Morgan fingerprint density at radius 1 is 0.786 bits per heavy atom.